The number of halogens is 1. The van der Waals surface area contributed by atoms with Crippen LogP contribution in [-0.4, -0.2) is 63.1 Å². The van der Waals surface area contributed by atoms with Crippen molar-refractivity contribution in [2.75, 3.05) is 39.4 Å². The molecule has 0 radical (unpaired) electrons. The molecule has 1 aliphatic carbocycles. The van der Waals surface area contributed by atoms with Crippen LogP contribution in [0.25, 0.3) is 0 Å². The third-order valence-electron chi connectivity index (χ3n) is 6.66. The number of piperidine rings is 1. The fourth-order valence-corrected chi connectivity index (χ4v) is 6.51. The average molecular weight is 408 g/mol. The SMILES string of the molecule is N#Cc1cc(F)cc(S(=O)(=O)N2CCC3(CC[C@H](N4CCOCC4)C3)CC2)c1. The maximum atomic E-state index is 13.7. The number of hydrogen-bond acceptors (Lipinski definition) is 5. The molecule has 3 fully saturated rings. The van der Waals surface area contributed by atoms with Crippen LogP contribution in [0, 0.1) is 22.6 Å². The molecule has 152 valence electrons. The predicted molar refractivity (Wildman–Crippen MR) is 102 cm³/mol. The van der Waals surface area contributed by atoms with Crippen molar-refractivity contribution in [1.29, 1.82) is 5.26 Å². The zero-order valence-electron chi connectivity index (χ0n) is 15.9. The summed E-state index contributed by atoms with van der Waals surface area (Å²) in [4.78, 5) is 2.40. The highest BCUT2D eigenvalue weighted by Gasteiger charge is 2.45. The standard InChI is InChI=1S/C20H26FN3O3S/c21-17-11-16(15-22)12-19(13-17)28(25,26)24-5-3-20(4-6-24)2-1-18(14-20)23-7-9-27-10-8-23/h11-13,18H,1-10,14H2/t18-/m0/s1. The van der Waals surface area contributed by atoms with E-state index >= 15 is 0 Å². The van der Waals surface area contributed by atoms with E-state index in [0.29, 0.717) is 19.1 Å². The lowest BCUT2D eigenvalue weighted by Gasteiger charge is -2.40. The Hall–Kier alpha value is -1.53. The fraction of sp³-hybridized carbons (Fsp3) is 0.650. The van der Waals surface area contributed by atoms with Gasteiger partial charge in [-0.1, -0.05) is 0 Å². The number of benzene rings is 1. The summed E-state index contributed by atoms with van der Waals surface area (Å²) in [6.45, 7) is 4.49. The lowest BCUT2D eigenvalue weighted by molar-refractivity contribution is 0.0137. The van der Waals surface area contributed by atoms with Crippen LogP contribution in [-0.2, 0) is 14.8 Å². The van der Waals surface area contributed by atoms with Gasteiger partial charge < -0.3 is 4.74 Å². The summed E-state index contributed by atoms with van der Waals surface area (Å²) in [7, 11) is -3.78. The van der Waals surface area contributed by atoms with Crippen molar-refractivity contribution < 1.29 is 17.5 Å². The number of morpholine rings is 1. The number of sulfonamides is 1. The van der Waals surface area contributed by atoms with Crippen molar-refractivity contribution in [2.45, 2.75) is 43.0 Å². The van der Waals surface area contributed by atoms with Crippen LogP contribution in [0.5, 0.6) is 0 Å². The molecule has 1 spiro atoms. The Kier molecular flexibility index (Phi) is 5.45. The number of nitriles is 1. The summed E-state index contributed by atoms with van der Waals surface area (Å²) in [5, 5.41) is 9.00. The molecular weight excluding hydrogens is 381 g/mol. The van der Waals surface area contributed by atoms with Crippen LogP contribution < -0.4 is 0 Å². The van der Waals surface area contributed by atoms with Crippen LogP contribution in [0.4, 0.5) is 4.39 Å². The van der Waals surface area contributed by atoms with E-state index in [0.717, 1.165) is 64.1 Å². The molecule has 0 unspecified atom stereocenters. The molecule has 0 bridgehead atoms. The van der Waals surface area contributed by atoms with E-state index in [-0.39, 0.29) is 15.9 Å². The Balaban J connectivity index is 1.43. The normalized spacial score (nSPS) is 26.4. The van der Waals surface area contributed by atoms with Crippen molar-refractivity contribution in [2.24, 2.45) is 5.41 Å². The topological polar surface area (TPSA) is 73.6 Å². The zero-order chi connectivity index (χ0) is 19.8. The monoisotopic (exact) mass is 407 g/mol. The molecule has 2 heterocycles. The molecule has 0 amide bonds. The van der Waals surface area contributed by atoms with Crippen molar-refractivity contribution in [3.63, 3.8) is 0 Å². The Labute approximate surface area is 165 Å². The van der Waals surface area contributed by atoms with Crippen LogP contribution in [0.15, 0.2) is 23.1 Å². The average Bonchev–Trinajstić information content (AvgIpc) is 3.12. The van der Waals surface area contributed by atoms with E-state index in [4.69, 9.17) is 10.00 Å². The Morgan fingerprint density at radius 2 is 1.82 bits per heavy atom. The van der Waals surface area contributed by atoms with Gasteiger partial charge in [-0.05, 0) is 55.7 Å². The van der Waals surface area contributed by atoms with E-state index in [1.54, 1.807) is 0 Å². The second kappa shape index (κ2) is 7.71. The lowest BCUT2D eigenvalue weighted by Crippen LogP contribution is -2.45. The summed E-state index contributed by atoms with van der Waals surface area (Å²) in [5.41, 5.74) is 0.241. The van der Waals surface area contributed by atoms with Crippen molar-refractivity contribution >= 4 is 10.0 Å². The third-order valence-corrected chi connectivity index (χ3v) is 8.54. The van der Waals surface area contributed by atoms with Crippen LogP contribution in [0.2, 0.25) is 0 Å². The minimum Gasteiger partial charge on any atom is -0.379 e. The van der Waals surface area contributed by atoms with Gasteiger partial charge in [0.05, 0.1) is 29.7 Å². The number of rotatable bonds is 3. The van der Waals surface area contributed by atoms with E-state index in [1.807, 2.05) is 6.07 Å². The van der Waals surface area contributed by atoms with Gasteiger partial charge in [0.25, 0.3) is 0 Å². The first-order valence-electron chi connectivity index (χ1n) is 9.95. The van der Waals surface area contributed by atoms with Gasteiger partial charge >= 0.3 is 0 Å². The van der Waals surface area contributed by atoms with Gasteiger partial charge in [-0.25, -0.2) is 12.8 Å². The molecule has 2 saturated heterocycles. The maximum Gasteiger partial charge on any atom is 0.243 e. The second-order valence-corrected chi connectivity index (χ2v) is 10.2. The molecule has 1 aromatic carbocycles. The summed E-state index contributed by atoms with van der Waals surface area (Å²) < 4.78 is 46.5. The van der Waals surface area contributed by atoms with Gasteiger partial charge in [0.1, 0.15) is 5.82 Å². The fourth-order valence-electron chi connectivity index (χ4n) is 5.01. The highest BCUT2D eigenvalue weighted by atomic mass is 32.2. The molecule has 2 aliphatic heterocycles. The second-order valence-electron chi connectivity index (χ2n) is 8.24. The van der Waals surface area contributed by atoms with Gasteiger partial charge in [-0.3, -0.25) is 4.90 Å². The molecule has 28 heavy (non-hydrogen) atoms. The molecular formula is C20H26FN3O3S. The zero-order valence-corrected chi connectivity index (χ0v) is 16.8. The molecule has 8 heteroatoms. The lowest BCUT2D eigenvalue weighted by atomic mass is 9.77. The van der Waals surface area contributed by atoms with Crippen molar-refractivity contribution in [3.8, 4) is 6.07 Å². The first-order valence-corrected chi connectivity index (χ1v) is 11.4. The minimum absolute atomic E-state index is 0.0243. The minimum atomic E-state index is -3.78. The van der Waals surface area contributed by atoms with E-state index in [1.165, 1.54) is 16.8 Å². The number of hydrogen-bond donors (Lipinski definition) is 0. The van der Waals surface area contributed by atoms with Crippen LogP contribution in [0.1, 0.15) is 37.7 Å². The van der Waals surface area contributed by atoms with E-state index in [2.05, 4.69) is 4.90 Å². The largest absolute Gasteiger partial charge is 0.379 e. The molecule has 1 saturated carbocycles. The molecule has 1 aromatic rings. The van der Waals surface area contributed by atoms with Crippen molar-refractivity contribution in [3.05, 3.63) is 29.6 Å². The number of nitrogens with zero attached hydrogens (tertiary/aromatic N) is 3. The Bertz CT molecular complexity index is 869. The van der Waals surface area contributed by atoms with E-state index < -0.39 is 15.8 Å². The molecule has 0 N–H and O–H groups in total. The highest BCUT2D eigenvalue weighted by molar-refractivity contribution is 7.89. The summed E-state index contributed by atoms with van der Waals surface area (Å²) >= 11 is 0. The van der Waals surface area contributed by atoms with Gasteiger partial charge in [0.15, 0.2) is 0 Å². The van der Waals surface area contributed by atoms with Gasteiger partial charge in [0.2, 0.25) is 10.0 Å². The number of ether oxygens (including phenoxy) is 1. The molecule has 6 nitrogen and oxygen atoms in total. The molecule has 3 aliphatic rings. The van der Waals surface area contributed by atoms with E-state index in [9.17, 15) is 12.8 Å². The van der Waals surface area contributed by atoms with Crippen molar-refractivity contribution in [1.82, 2.24) is 9.21 Å². The maximum absolute atomic E-state index is 13.7. The Morgan fingerprint density at radius 3 is 2.50 bits per heavy atom. The predicted octanol–water partition coefficient (Wildman–Crippen LogP) is 2.35. The van der Waals surface area contributed by atoms with Crippen LogP contribution >= 0.6 is 0 Å². The third kappa shape index (κ3) is 3.81. The summed E-state index contributed by atoms with van der Waals surface area (Å²) in [6.07, 6.45) is 5.12. The highest BCUT2D eigenvalue weighted by Crippen LogP contribution is 2.48. The molecule has 1 atom stereocenters. The summed E-state index contributed by atoms with van der Waals surface area (Å²) in [5.74, 6) is -0.699. The van der Waals surface area contributed by atoms with Gasteiger partial charge in [0, 0.05) is 32.2 Å². The Morgan fingerprint density at radius 1 is 1.11 bits per heavy atom. The van der Waals surface area contributed by atoms with Crippen LogP contribution in [0.3, 0.4) is 0 Å². The quantitative estimate of drug-likeness (QED) is 0.769. The molecule has 4 rings (SSSR count). The summed E-state index contributed by atoms with van der Waals surface area (Å²) in [6, 6.07) is 5.71. The first kappa shape index (κ1) is 19.8. The smallest absolute Gasteiger partial charge is 0.243 e. The first-order chi connectivity index (χ1) is 13.4. The van der Waals surface area contributed by atoms with Gasteiger partial charge in [-0.2, -0.15) is 9.57 Å². The van der Waals surface area contributed by atoms with Gasteiger partial charge in [-0.15, -0.1) is 0 Å². The molecule has 0 aromatic heterocycles.